The molecule has 1 aliphatic rings. The third kappa shape index (κ3) is 4.44. The lowest BCUT2D eigenvalue weighted by Gasteiger charge is -2.25. The fraction of sp³-hybridized carbons (Fsp3) is 0.474. The van der Waals surface area contributed by atoms with E-state index >= 15 is 0 Å². The van der Waals surface area contributed by atoms with Crippen molar-refractivity contribution in [3.8, 4) is 0 Å². The molecule has 6 heteroatoms. The lowest BCUT2D eigenvalue weighted by atomic mass is 10.1. The van der Waals surface area contributed by atoms with Gasteiger partial charge in [0, 0.05) is 25.5 Å². The van der Waals surface area contributed by atoms with Gasteiger partial charge < -0.3 is 9.32 Å². The van der Waals surface area contributed by atoms with Crippen molar-refractivity contribution in [1.29, 1.82) is 0 Å². The van der Waals surface area contributed by atoms with E-state index in [4.69, 9.17) is 4.42 Å². The van der Waals surface area contributed by atoms with E-state index in [0.29, 0.717) is 31.0 Å². The lowest BCUT2D eigenvalue weighted by Crippen LogP contribution is -2.36. The Kier molecular flexibility index (Phi) is 5.16. The fourth-order valence-electron chi connectivity index (χ4n) is 2.98. The summed E-state index contributed by atoms with van der Waals surface area (Å²) in [5, 5.41) is 0. The summed E-state index contributed by atoms with van der Waals surface area (Å²) < 4.78 is 32.3. The average molecular weight is 348 g/mol. The minimum atomic E-state index is -0.671. The van der Waals surface area contributed by atoms with Crippen LogP contribution in [0.3, 0.4) is 0 Å². The van der Waals surface area contributed by atoms with E-state index in [1.54, 1.807) is 4.90 Å². The van der Waals surface area contributed by atoms with Gasteiger partial charge >= 0.3 is 0 Å². The van der Waals surface area contributed by atoms with Crippen molar-refractivity contribution in [2.75, 3.05) is 6.54 Å². The molecule has 0 atom stereocenters. The van der Waals surface area contributed by atoms with E-state index in [1.165, 1.54) is 12.1 Å². The number of hydrogen-bond donors (Lipinski definition) is 0. The summed E-state index contributed by atoms with van der Waals surface area (Å²) in [5.74, 6) is 0.640. The average Bonchev–Trinajstić information content (AvgIpc) is 2.93. The second-order valence-corrected chi connectivity index (χ2v) is 6.93. The first kappa shape index (κ1) is 17.6. The molecule has 4 nitrogen and oxygen atoms in total. The maximum atomic E-state index is 13.3. The van der Waals surface area contributed by atoms with Crippen molar-refractivity contribution in [1.82, 2.24) is 9.88 Å². The summed E-state index contributed by atoms with van der Waals surface area (Å²) in [6.45, 7) is 5.22. The Morgan fingerprint density at radius 1 is 1.28 bits per heavy atom. The molecule has 0 unspecified atom stereocenters. The number of halogens is 2. The topological polar surface area (TPSA) is 46.3 Å². The largest absolute Gasteiger partial charge is 0.445 e. The van der Waals surface area contributed by atoms with Crippen LogP contribution in [0.4, 0.5) is 8.78 Å². The predicted molar refractivity (Wildman–Crippen MR) is 88.8 cm³/mol. The number of carbonyl (C=O) groups excluding carboxylic acids is 1. The van der Waals surface area contributed by atoms with Gasteiger partial charge in [0.2, 0.25) is 5.91 Å². The van der Waals surface area contributed by atoms with Crippen molar-refractivity contribution in [3.05, 3.63) is 52.7 Å². The highest BCUT2D eigenvalue weighted by Crippen LogP contribution is 2.22. The summed E-state index contributed by atoms with van der Waals surface area (Å²) in [7, 11) is 0. The third-order valence-electron chi connectivity index (χ3n) is 4.34. The number of hydrogen-bond acceptors (Lipinski definition) is 3. The standard InChI is InChI=1S/C19H22F2N2O2/c1-12(2)3-4-18-22-16-11-23(6-5-17(16)25-18)19(24)9-13-7-14(20)10-15(21)8-13/h7-8,10,12H,3-6,9,11H2,1-2H3. The van der Waals surface area contributed by atoms with Crippen LogP contribution in [-0.4, -0.2) is 22.3 Å². The molecule has 0 aliphatic carbocycles. The highest BCUT2D eigenvalue weighted by atomic mass is 19.1. The molecule has 0 saturated heterocycles. The molecule has 1 aromatic carbocycles. The molecule has 3 rings (SSSR count). The van der Waals surface area contributed by atoms with Crippen molar-refractivity contribution in [3.63, 3.8) is 0 Å². The number of nitrogens with zero attached hydrogens (tertiary/aromatic N) is 2. The summed E-state index contributed by atoms with van der Waals surface area (Å²) in [6, 6.07) is 3.18. The van der Waals surface area contributed by atoms with Crippen LogP contribution in [0, 0.1) is 17.6 Å². The van der Waals surface area contributed by atoms with Gasteiger partial charge in [-0.3, -0.25) is 4.79 Å². The Labute approximate surface area is 145 Å². The first-order valence-electron chi connectivity index (χ1n) is 8.61. The van der Waals surface area contributed by atoms with Crippen LogP contribution in [0.15, 0.2) is 22.6 Å². The van der Waals surface area contributed by atoms with Gasteiger partial charge in [-0.05, 0) is 30.0 Å². The van der Waals surface area contributed by atoms with Gasteiger partial charge in [-0.15, -0.1) is 0 Å². The monoisotopic (exact) mass is 348 g/mol. The Morgan fingerprint density at radius 3 is 2.68 bits per heavy atom. The van der Waals surface area contributed by atoms with Crippen LogP contribution in [-0.2, 0) is 30.6 Å². The van der Waals surface area contributed by atoms with Crippen LogP contribution in [0.5, 0.6) is 0 Å². The number of carbonyl (C=O) groups is 1. The maximum Gasteiger partial charge on any atom is 0.227 e. The molecule has 0 N–H and O–H groups in total. The van der Waals surface area contributed by atoms with Crippen molar-refractivity contribution < 1.29 is 18.0 Å². The molecule has 0 bridgehead atoms. The molecular formula is C19H22F2N2O2. The minimum absolute atomic E-state index is 0.0257. The zero-order valence-electron chi connectivity index (χ0n) is 14.5. The molecule has 0 fully saturated rings. The number of rotatable bonds is 5. The maximum absolute atomic E-state index is 13.3. The number of oxazole rings is 1. The smallest absolute Gasteiger partial charge is 0.227 e. The number of benzene rings is 1. The lowest BCUT2D eigenvalue weighted by molar-refractivity contribution is -0.131. The highest BCUT2D eigenvalue weighted by Gasteiger charge is 2.25. The number of amides is 1. The quantitative estimate of drug-likeness (QED) is 0.828. The molecular weight excluding hydrogens is 326 g/mol. The van der Waals surface area contributed by atoms with Gasteiger partial charge in [-0.2, -0.15) is 0 Å². The summed E-state index contributed by atoms with van der Waals surface area (Å²) in [4.78, 5) is 18.6. The second kappa shape index (κ2) is 7.33. The molecule has 0 saturated carbocycles. The molecule has 0 radical (unpaired) electrons. The number of aryl methyl sites for hydroxylation is 1. The molecule has 134 valence electrons. The first-order valence-corrected chi connectivity index (χ1v) is 8.61. The van der Waals surface area contributed by atoms with Crippen LogP contribution in [0.1, 0.15) is 43.2 Å². The Balaban J connectivity index is 1.64. The molecule has 1 amide bonds. The molecule has 2 heterocycles. The number of fused-ring (bicyclic) bond motifs is 1. The molecule has 25 heavy (non-hydrogen) atoms. The van der Waals surface area contributed by atoms with Gasteiger partial charge in [0.15, 0.2) is 5.89 Å². The zero-order chi connectivity index (χ0) is 18.0. The van der Waals surface area contributed by atoms with Crippen LogP contribution < -0.4 is 0 Å². The molecule has 1 aromatic heterocycles. The van der Waals surface area contributed by atoms with E-state index in [2.05, 4.69) is 18.8 Å². The molecule has 0 spiro atoms. The highest BCUT2D eigenvalue weighted by molar-refractivity contribution is 5.79. The summed E-state index contributed by atoms with van der Waals surface area (Å²) in [6.07, 6.45) is 2.39. The Morgan fingerprint density at radius 2 is 2.00 bits per heavy atom. The third-order valence-corrected chi connectivity index (χ3v) is 4.34. The van der Waals surface area contributed by atoms with Crippen LogP contribution in [0.25, 0.3) is 0 Å². The minimum Gasteiger partial charge on any atom is -0.445 e. The van der Waals surface area contributed by atoms with Gasteiger partial charge in [0.25, 0.3) is 0 Å². The number of aromatic nitrogens is 1. The van der Waals surface area contributed by atoms with Crippen LogP contribution in [0.2, 0.25) is 0 Å². The van der Waals surface area contributed by atoms with Crippen molar-refractivity contribution in [2.24, 2.45) is 5.92 Å². The van der Waals surface area contributed by atoms with Crippen molar-refractivity contribution >= 4 is 5.91 Å². The SMILES string of the molecule is CC(C)CCc1nc2c(o1)CCN(C(=O)Cc1cc(F)cc(F)c1)C2. The normalized spacial score (nSPS) is 14.0. The zero-order valence-corrected chi connectivity index (χ0v) is 14.5. The summed E-state index contributed by atoms with van der Waals surface area (Å²) >= 11 is 0. The predicted octanol–water partition coefficient (Wildman–Crippen LogP) is 3.67. The second-order valence-electron chi connectivity index (χ2n) is 6.93. The van der Waals surface area contributed by atoms with E-state index in [0.717, 1.165) is 36.3 Å². The van der Waals surface area contributed by atoms with E-state index in [1.807, 2.05) is 0 Å². The van der Waals surface area contributed by atoms with Crippen LogP contribution >= 0.6 is 0 Å². The van der Waals surface area contributed by atoms with Gasteiger partial charge in [0.1, 0.15) is 23.1 Å². The Bertz CT molecular complexity index is 751. The van der Waals surface area contributed by atoms with Gasteiger partial charge in [-0.1, -0.05) is 13.8 Å². The molecule has 2 aromatic rings. The van der Waals surface area contributed by atoms with E-state index < -0.39 is 11.6 Å². The molecule has 1 aliphatic heterocycles. The van der Waals surface area contributed by atoms with E-state index in [9.17, 15) is 13.6 Å². The van der Waals surface area contributed by atoms with Gasteiger partial charge in [-0.25, -0.2) is 13.8 Å². The van der Waals surface area contributed by atoms with Gasteiger partial charge in [0.05, 0.1) is 13.0 Å². The van der Waals surface area contributed by atoms with Crippen molar-refractivity contribution in [2.45, 2.75) is 46.1 Å². The first-order chi connectivity index (χ1) is 11.9. The van der Waals surface area contributed by atoms with E-state index in [-0.39, 0.29) is 12.3 Å². The summed E-state index contributed by atoms with van der Waals surface area (Å²) in [5.41, 5.74) is 1.13. The Hall–Kier alpha value is -2.24. The fourth-order valence-corrected chi connectivity index (χ4v) is 2.98.